The molecule has 0 saturated carbocycles. The first-order chi connectivity index (χ1) is 12.9. The summed E-state index contributed by atoms with van der Waals surface area (Å²) in [7, 11) is 0. The van der Waals surface area contributed by atoms with Crippen LogP contribution in [0, 0.1) is 5.41 Å². The molecule has 6 heteroatoms. The Morgan fingerprint density at radius 1 is 1.22 bits per heavy atom. The van der Waals surface area contributed by atoms with E-state index in [0.29, 0.717) is 13.0 Å². The maximum absolute atomic E-state index is 12.6. The van der Waals surface area contributed by atoms with E-state index < -0.39 is 6.10 Å². The highest BCUT2D eigenvalue weighted by atomic mass is 16.5. The molecule has 2 amide bonds. The Labute approximate surface area is 161 Å². The van der Waals surface area contributed by atoms with Crippen LogP contribution in [0.5, 0.6) is 0 Å². The monoisotopic (exact) mass is 373 g/mol. The first-order valence-electron chi connectivity index (χ1n) is 10.0. The molecule has 0 aromatic carbocycles. The second kappa shape index (κ2) is 8.38. The van der Waals surface area contributed by atoms with E-state index in [2.05, 4.69) is 4.98 Å². The molecule has 0 unspecified atom stereocenters. The molecule has 2 aliphatic heterocycles. The molecule has 148 valence electrons. The van der Waals surface area contributed by atoms with E-state index >= 15 is 0 Å². The molecule has 1 spiro atoms. The third-order valence-electron chi connectivity index (χ3n) is 5.79. The highest BCUT2D eigenvalue weighted by molar-refractivity contribution is 5.80. The van der Waals surface area contributed by atoms with E-state index in [1.165, 1.54) is 0 Å². The lowest BCUT2D eigenvalue weighted by Crippen LogP contribution is -2.53. The number of amides is 2. The predicted molar refractivity (Wildman–Crippen MR) is 103 cm³/mol. The third-order valence-corrected chi connectivity index (χ3v) is 5.79. The molecule has 27 heavy (non-hydrogen) atoms. The van der Waals surface area contributed by atoms with Gasteiger partial charge in [-0.1, -0.05) is 6.07 Å². The molecule has 1 atom stereocenters. The summed E-state index contributed by atoms with van der Waals surface area (Å²) in [6.45, 7) is 8.56. The van der Waals surface area contributed by atoms with Crippen molar-refractivity contribution in [3.8, 4) is 0 Å². The second-order valence-electron chi connectivity index (χ2n) is 8.22. The minimum atomic E-state index is -0.396. The smallest absolute Gasteiger partial charge is 0.251 e. The molecule has 1 aromatic rings. The van der Waals surface area contributed by atoms with Crippen LogP contribution in [0.25, 0.3) is 0 Å². The molecule has 0 N–H and O–H groups in total. The second-order valence-corrected chi connectivity index (χ2v) is 8.22. The molecule has 2 fully saturated rings. The van der Waals surface area contributed by atoms with E-state index in [1.807, 2.05) is 48.8 Å². The molecule has 2 aliphatic rings. The van der Waals surface area contributed by atoms with Gasteiger partial charge < -0.3 is 14.5 Å². The Balaban J connectivity index is 1.58. The fourth-order valence-corrected chi connectivity index (χ4v) is 4.27. The summed E-state index contributed by atoms with van der Waals surface area (Å²) in [5.41, 5.74) is 1.05. The van der Waals surface area contributed by atoms with E-state index in [1.54, 1.807) is 6.20 Å². The van der Waals surface area contributed by atoms with Gasteiger partial charge in [0.2, 0.25) is 5.91 Å². The number of nitrogens with zero attached hydrogens (tertiary/aromatic N) is 3. The van der Waals surface area contributed by atoms with Crippen molar-refractivity contribution in [3.63, 3.8) is 0 Å². The van der Waals surface area contributed by atoms with Crippen molar-refractivity contribution >= 4 is 11.8 Å². The van der Waals surface area contributed by atoms with Crippen molar-refractivity contribution in [3.05, 3.63) is 30.1 Å². The van der Waals surface area contributed by atoms with Crippen LogP contribution < -0.4 is 0 Å². The molecule has 3 heterocycles. The van der Waals surface area contributed by atoms with E-state index in [-0.39, 0.29) is 23.3 Å². The zero-order valence-electron chi connectivity index (χ0n) is 16.7. The number of hydrogen-bond donors (Lipinski definition) is 0. The van der Waals surface area contributed by atoms with Crippen LogP contribution in [0.4, 0.5) is 0 Å². The maximum Gasteiger partial charge on any atom is 0.251 e. The number of ether oxygens (including phenoxy) is 1. The first-order valence-corrected chi connectivity index (χ1v) is 10.0. The molecule has 2 saturated heterocycles. The number of aromatic nitrogens is 1. The molecule has 6 nitrogen and oxygen atoms in total. The van der Waals surface area contributed by atoms with Gasteiger partial charge in [-0.3, -0.25) is 14.6 Å². The first kappa shape index (κ1) is 19.8. The quantitative estimate of drug-likeness (QED) is 0.796. The van der Waals surface area contributed by atoms with Gasteiger partial charge >= 0.3 is 0 Å². The summed E-state index contributed by atoms with van der Waals surface area (Å²) in [6.07, 6.45) is 4.82. The van der Waals surface area contributed by atoms with Crippen LogP contribution in [0.3, 0.4) is 0 Å². The Bertz CT molecular complexity index is 654. The highest BCUT2D eigenvalue weighted by Gasteiger charge is 2.42. The molecule has 0 aliphatic carbocycles. The number of likely N-dealkylation sites (tertiary alicyclic amines) is 2. The van der Waals surface area contributed by atoms with Gasteiger partial charge in [-0.05, 0) is 57.6 Å². The van der Waals surface area contributed by atoms with Gasteiger partial charge in [0.15, 0.2) is 0 Å². The molecule has 1 aromatic heterocycles. The van der Waals surface area contributed by atoms with Gasteiger partial charge in [0.25, 0.3) is 5.91 Å². The Hall–Kier alpha value is -1.95. The average molecular weight is 373 g/mol. The number of hydrogen-bond acceptors (Lipinski definition) is 4. The summed E-state index contributed by atoms with van der Waals surface area (Å²) in [6, 6.07) is 5.81. The number of carbonyl (C=O) groups is 2. The average Bonchev–Trinajstić information content (AvgIpc) is 2.65. The number of pyridine rings is 1. The fourth-order valence-electron chi connectivity index (χ4n) is 4.27. The van der Waals surface area contributed by atoms with Crippen LogP contribution in [0.1, 0.15) is 52.1 Å². The summed E-state index contributed by atoms with van der Waals surface area (Å²) >= 11 is 0. The molecular weight excluding hydrogens is 342 g/mol. The van der Waals surface area contributed by atoms with Gasteiger partial charge in [-0.25, -0.2) is 0 Å². The number of carbonyl (C=O) groups excluding carboxylic acids is 2. The zero-order chi connectivity index (χ0) is 19.4. The standard InChI is InChI=1S/C21H31N3O3/c1-16(2)27-17(3)20(26)23-12-9-21(10-13-23)8-7-19(25)24(15-21)14-18-6-4-5-11-22-18/h4-6,11,16-17H,7-10,12-15H2,1-3H3/t17-/m0/s1. The summed E-state index contributed by atoms with van der Waals surface area (Å²) in [5.74, 6) is 0.291. The van der Waals surface area contributed by atoms with E-state index in [4.69, 9.17) is 4.74 Å². The Kier molecular flexibility index (Phi) is 6.15. The van der Waals surface area contributed by atoms with Crippen LogP contribution >= 0.6 is 0 Å². The van der Waals surface area contributed by atoms with E-state index in [9.17, 15) is 9.59 Å². The van der Waals surface area contributed by atoms with Gasteiger partial charge in [0.1, 0.15) is 6.10 Å². The molecule has 0 bridgehead atoms. The summed E-state index contributed by atoms with van der Waals surface area (Å²) in [4.78, 5) is 33.2. The number of piperidine rings is 2. The minimum Gasteiger partial charge on any atom is -0.366 e. The topological polar surface area (TPSA) is 62.7 Å². The largest absolute Gasteiger partial charge is 0.366 e. The molecule has 3 rings (SSSR count). The predicted octanol–water partition coefficient (Wildman–Crippen LogP) is 2.63. The third kappa shape index (κ3) is 4.86. The molecular formula is C21H31N3O3. The van der Waals surface area contributed by atoms with E-state index in [0.717, 1.165) is 44.6 Å². The van der Waals surface area contributed by atoms with Crippen molar-refractivity contribution in [1.29, 1.82) is 0 Å². The lowest BCUT2D eigenvalue weighted by molar-refractivity contribution is -0.150. The van der Waals surface area contributed by atoms with Gasteiger partial charge in [-0.2, -0.15) is 0 Å². The van der Waals surface area contributed by atoms with Gasteiger partial charge in [0, 0.05) is 32.3 Å². The Morgan fingerprint density at radius 2 is 1.96 bits per heavy atom. The van der Waals surface area contributed by atoms with Crippen molar-refractivity contribution in [2.24, 2.45) is 5.41 Å². The Morgan fingerprint density at radius 3 is 2.59 bits per heavy atom. The van der Waals surface area contributed by atoms with Crippen molar-refractivity contribution in [2.75, 3.05) is 19.6 Å². The minimum absolute atomic E-state index is 0.0459. The normalized spacial score (nSPS) is 21.0. The SMILES string of the molecule is CC(C)O[C@@H](C)C(=O)N1CCC2(CCC(=O)N(Cc3ccccn3)C2)CC1. The van der Waals surface area contributed by atoms with Crippen molar-refractivity contribution in [1.82, 2.24) is 14.8 Å². The summed E-state index contributed by atoms with van der Waals surface area (Å²) < 4.78 is 5.65. The lowest BCUT2D eigenvalue weighted by atomic mass is 9.72. The van der Waals surface area contributed by atoms with Crippen molar-refractivity contribution < 1.29 is 14.3 Å². The van der Waals surface area contributed by atoms with Crippen LogP contribution in [-0.4, -0.2) is 58.4 Å². The van der Waals surface area contributed by atoms with Crippen LogP contribution in [-0.2, 0) is 20.9 Å². The van der Waals surface area contributed by atoms with Crippen molar-refractivity contribution in [2.45, 2.75) is 65.2 Å². The molecule has 0 radical (unpaired) electrons. The lowest BCUT2D eigenvalue weighted by Gasteiger charge is -2.47. The zero-order valence-corrected chi connectivity index (χ0v) is 16.7. The fraction of sp³-hybridized carbons (Fsp3) is 0.667. The van der Waals surface area contributed by atoms with Gasteiger partial charge in [0.05, 0.1) is 18.3 Å². The van der Waals surface area contributed by atoms with Gasteiger partial charge in [-0.15, -0.1) is 0 Å². The summed E-state index contributed by atoms with van der Waals surface area (Å²) in [5, 5.41) is 0. The van der Waals surface area contributed by atoms with Crippen LogP contribution in [0.15, 0.2) is 24.4 Å². The van der Waals surface area contributed by atoms with Crippen LogP contribution in [0.2, 0.25) is 0 Å². The number of rotatable bonds is 5. The highest BCUT2D eigenvalue weighted by Crippen LogP contribution is 2.40. The maximum atomic E-state index is 12.6.